The van der Waals surface area contributed by atoms with Gasteiger partial charge >= 0.3 is 0 Å². The van der Waals surface area contributed by atoms with Gasteiger partial charge in [-0.15, -0.1) is 0 Å². The summed E-state index contributed by atoms with van der Waals surface area (Å²) >= 11 is 0. The minimum atomic E-state index is 0.678. The molecule has 0 atom stereocenters. The summed E-state index contributed by atoms with van der Waals surface area (Å²) in [6.07, 6.45) is 6.89. The highest BCUT2D eigenvalue weighted by atomic mass is 16.3. The maximum Gasteiger partial charge on any atom is 0.164 e. The fourth-order valence-corrected chi connectivity index (χ4v) is 6.60. The number of nitrogens with zero attached hydrogens (tertiary/aromatic N) is 2. The van der Waals surface area contributed by atoms with E-state index in [2.05, 4.69) is 109 Å². The highest BCUT2D eigenvalue weighted by Gasteiger charge is 2.21. The van der Waals surface area contributed by atoms with Gasteiger partial charge in [-0.1, -0.05) is 117 Å². The zero-order valence-corrected chi connectivity index (χ0v) is 24.3. The molecule has 9 rings (SSSR count). The Morgan fingerprint density at radius 1 is 0.535 bits per heavy atom. The van der Waals surface area contributed by atoms with E-state index in [1.165, 1.54) is 43.1 Å². The molecule has 2 aromatic heterocycles. The minimum Gasteiger partial charge on any atom is -0.455 e. The molecule has 0 N–H and O–H groups in total. The SMILES string of the molecule is C1=c2c(c3ccc(-c4nc(-c5ccc(-c6ccccc6)cc5)c5ccccc5n4)c4oc5cccc2c5c43)=CCC1.CC. The smallest absolute Gasteiger partial charge is 0.164 e. The monoisotopic (exact) mass is 554 g/mol. The molecule has 8 aromatic rings. The first-order valence-electron chi connectivity index (χ1n) is 15.2. The minimum absolute atomic E-state index is 0.678. The summed E-state index contributed by atoms with van der Waals surface area (Å²) in [6, 6.07) is 38.2. The van der Waals surface area contributed by atoms with Gasteiger partial charge in [-0.25, -0.2) is 9.97 Å². The van der Waals surface area contributed by atoms with Gasteiger partial charge in [0.25, 0.3) is 0 Å². The van der Waals surface area contributed by atoms with Crippen molar-refractivity contribution in [3.8, 4) is 33.8 Å². The molecule has 0 fully saturated rings. The molecule has 0 aliphatic heterocycles. The number of benzene rings is 6. The first kappa shape index (κ1) is 25.4. The van der Waals surface area contributed by atoms with Gasteiger partial charge in [0, 0.05) is 21.7 Å². The van der Waals surface area contributed by atoms with Crippen LogP contribution in [0.4, 0.5) is 0 Å². The summed E-state index contributed by atoms with van der Waals surface area (Å²) in [5.41, 5.74) is 7.97. The van der Waals surface area contributed by atoms with Crippen molar-refractivity contribution in [2.45, 2.75) is 26.7 Å². The molecule has 0 spiro atoms. The lowest BCUT2D eigenvalue weighted by atomic mass is 9.93. The quantitative estimate of drug-likeness (QED) is 0.204. The van der Waals surface area contributed by atoms with Gasteiger partial charge in [0.05, 0.1) is 16.8 Å². The summed E-state index contributed by atoms with van der Waals surface area (Å²) in [7, 11) is 0. The fourth-order valence-electron chi connectivity index (χ4n) is 6.60. The molecule has 0 unspecified atom stereocenters. The Kier molecular flexibility index (Phi) is 6.04. The molecular weight excluding hydrogens is 524 g/mol. The molecule has 3 nitrogen and oxygen atoms in total. The average Bonchev–Trinajstić information content (AvgIpc) is 3.49. The van der Waals surface area contributed by atoms with Crippen LogP contribution in [0.1, 0.15) is 26.7 Å². The van der Waals surface area contributed by atoms with Crippen molar-refractivity contribution in [1.29, 1.82) is 0 Å². The Morgan fingerprint density at radius 2 is 1.19 bits per heavy atom. The Labute approximate surface area is 249 Å². The van der Waals surface area contributed by atoms with Crippen LogP contribution in [0, 0.1) is 0 Å². The van der Waals surface area contributed by atoms with E-state index >= 15 is 0 Å². The van der Waals surface area contributed by atoms with Crippen molar-refractivity contribution in [1.82, 2.24) is 9.97 Å². The van der Waals surface area contributed by atoms with Crippen LogP contribution < -0.4 is 10.4 Å². The third kappa shape index (κ3) is 3.96. The molecule has 0 amide bonds. The summed E-state index contributed by atoms with van der Waals surface area (Å²) < 4.78 is 6.63. The van der Waals surface area contributed by atoms with Gasteiger partial charge < -0.3 is 4.42 Å². The van der Waals surface area contributed by atoms with Gasteiger partial charge in [-0.3, -0.25) is 0 Å². The predicted molar refractivity (Wildman–Crippen MR) is 181 cm³/mol. The van der Waals surface area contributed by atoms with E-state index in [1.54, 1.807) is 0 Å². The van der Waals surface area contributed by atoms with Crippen LogP contribution >= 0.6 is 0 Å². The van der Waals surface area contributed by atoms with Crippen LogP contribution in [0.3, 0.4) is 0 Å². The molecule has 1 aliphatic rings. The van der Waals surface area contributed by atoms with Crippen LogP contribution in [0.5, 0.6) is 0 Å². The molecule has 206 valence electrons. The molecule has 0 saturated carbocycles. The molecular formula is C40H30N2O. The summed E-state index contributed by atoms with van der Waals surface area (Å²) in [5, 5.41) is 8.54. The number of hydrogen-bond acceptors (Lipinski definition) is 3. The number of hydrogen-bond donors (Lipinski definition) is 0. The number of furan rings is 1. The van der Waals surface area contributed by atoms with E-state index in [0.29, 0.717) is 5.82 Å². The molecule has 0 bridgehead atoms. The molecule has 6 aromatic carbocycles. The highest BCUT2D eigenvalue weighted by molar-refractivity contribution is 6.24. The Balaban J connectivity index is 0.00000136. The fraction of sp³-hybridized carbons (Fsp3) is 0.100. The topological polar surface area (TPSA) is 38.9 Å². The van der Waals surface area contributed by atoms with Crippen molar-refractivity contribution in [3.05, 3.63) is 120 Å². The summed E-state index contributed by atoms with van der Waals surface area (Å²) in [4.78, 5) is 10.3. The van der Waals surface area contributed by atoms with Crippen molar-refractivity contribution in [2.24, 2.45) is 0 Å². The van der Waals surface area contributed by atoms with E-state index in [9.17, 15) is 0 Å². The lowest BCUT2D eigenvalue weighted by Crippen LogP contribution is -2.28. The molecule has 2 heterocycles. The largest absolute Gasteiger partial charge is 0.455 e. The van der Waals surface area contributed by atoms with Crippen molar-refractivity contribution >= 4 is 55.8 Å². The van der Waals surface area contributed by atoms with Gasteiger partial charge in [0.15, 0.2) is 5.82 Å². The van der Waals surface area contributed by atoms with Crippen molar-refractivity contribution < 1.29 is 4.42 Å². The van der Waals surface area contributed by atoms with Crippen molar-refractivity contribution in [2.75, 3.05) is 0 Å². The predicted octanol–water partition coefficient (Wildman–Crippen LogP) is 9.50. The maximum absolute atomic E-state index is 6.63. The number of rotatable bonds is 3. The highest BCUT2D eigenvalue weighted by Crippen LogP contribution is 2.40. The molecule has 0 radical (unpaired) electrons. The van der Waals surface area contributed by atoms with E-state index in [0.717, 1.165) is 51.7 Å². The van der Waals surface area contributed by atoms with E-state index < -0.39 is 0 Å². The molecule has 1 aliphatic carbocycles. The van der Waals surface area contributed by atoms with Crippen LogP contribution in [0.25, 0.3) is 89.5 Å². The maximum atomic E-state index is 6.63. The first-order valence-corrected chi connectivity index (χ1v) is 15.2. The standard InChI is InChI=1S/C38H24N2O.C2H6/c1-2-9-23(10-3-1)24-17-19-25(20-18-24)36-30-13-6-7-15-32(30)39-38(40-36)31-22-21-29-27-12-5-4-11-26(27)28-14-8-16-33-34(28)35(29)37(31)41-33;1-2/h1-3,6-22H,4-5H2;1-2H3. The Bertz CT molecular complexity index is 2400. The molecule has 3 heteroatoms. The lowest BCUT2D eigenvalue weighted by molar-refractivity contribution is 0.670. The summed E-state index contributed by atoms with van der Waals surface area (Å²) in [6.45, 7) is 4.00. The Morgan fingerprint density at radius 3 is 1.98 bits per heavy atom. The van der Waals surface area contributed by atoms with Crippen LogP contribution in [-0.4, -0.2) is 9.97 Å². The second kappa shape index (κ2) is 10.2. The third-order valence-corrected chi connectivity index (χ3v) is 8.49. The first-order chi connectivity index (χ1) is 21.3. The third-order valence-electron chi connectivity index (χ3n) is 8.49. The number of fused-ring (bicyclic) bond motifs is 4. The van der Waals surface area contributed by atoms with Crippen molar-refractivity contribution in [3.63, 3.8) is 0 Å². The molecule has 43 heavy (non-hydrogen) atoms. The number of aromatic nitrogens is 2. The number of para-hydroxylation sites is 1. The zero-order chi connectivity index (χ0) is 28.9. The van der Waals surface area contributed by atoms with E-state index in [1.807, 2.05) is 26.0 Å². The second-order valence-electron chi connectivity index (χ2n) is 10.8. The van der Waals surface area contributed by atoms with Gasteiger partial charge in [-0.05, 0) is 63.4 Å². The van der Waals surface area contributed by atoms with Crippen LogP contribution in [0.2, 0.25) is 0 Å². The van der Waals surface area contributed by atoms with Crippen LogP contribution in [-0.2, 0) is 0 Å². The van der Waals surface area contributed by atoms with Crippen LogP contribution in [0.15, 0.2) is 114 Å². The Hall–Kier alpha value is -5.28. The van der Waals surface area contributed by atoms with Gasteiger partial charge in [0.1, 0.15) is 11.2 Å². The van der Waals surface area contributed by atoms with E-state index in [4.69, 9.17) is 14.4 Å². The summed E-state index contributed by atoms with van der Waals surface area (Å²) in [5.74, 6) is 0.678. The molecule has 0 saturated heterocycles. The lowest BCUT2D eigenvalue weighted by Gasteiger charge is -2.12. The van der Waals surface area contributed by atoms with Gasteiger partial charge in [-0.2, -0.15) is 0 Å². The van der Waals surface area contributed by atoms with Gasteiger partial charge in [0.2, 0.25) is 0 Å². The normalized spacial score (nSPS) is 12.6. The van der Waals surface area contributed by atoms with E-state index in [-0.39, 0.29) is 0 Å². The second-order valence-corrected chi connectivity index (χ2v) is 10.8. The zero-order valence-electron chi connectivity index (χ0n) is 24.3. The average molecular weight is 555 g/mol.